The smallest absolute Gasteiger partial charge is 0.282 e. The molecule has 0 aliphatic rings. The van der Waals surface area contributed by atoms with Crippen molar-refractivity contribution in [1.29, 1.82) is 0 Å². The Morgan fingerprint density at radius 3 is 1.30 bits per heavy atom. The van der Waals surface area contributed by atoms with Gasteiger partial charge in [0.15, 0.2) is 0 Å². The van der Waals surface area contributed by atoms with E-state index in [4.69, 9.17) is 0 Å². The molecule has 0 saturated carbocycles. The van der Waals surface area contributed by atoms with Crippen LogP contribution in [-0.2, 0) is 0 Å². The molecule has 10 heteroatoms. The maximum Gasteiger partial charge on any atom is 0.282 e. The van der Waals surface area contributed by atoms with Gasteiger partial charge in [-0.15, -0.1) is 0 Å². The fraction of sp³-hybridized carbons (Fsp3) is 0. The molecule has 0 radical (unpaired) electrons. The van der Waals surface area contributed by atoms with Crippen LogP contribution in [0.2, 0.25) is 0 Å². The number of hydrogen-bond acceptors (Lipinski definition) is 6. The third kappa shape index (κ3) is 4.28. The fourth-order valence-electron chi connectivity index (χ4n) is 2.73. The van der Waals surface area contributed by atoms with Crippen molar-refractivity contribution < 1.29 is 19.4 Å². The molecule has 0 atom stereocenters. The van der Waals surface area contributed by atoms with E-state index in [0.717, 1.165) is 0 Å². The molecule has 0 heterocycles. The van der Waals surface area contributed by atoms with Gasteiger partial charge in [-0.2, -0.15) is 0 Å². The van der Waals surface area contributed by atoms with Crippen LogP contribution in [-0.4, -0.2) is 21.7 Å². The SMILES string of the molecule is O=C(Nc1ccccc1NC(=O)c1ccccc1[N+](=O)[O-])c1ccccc1[N+](=O)[O-]. The molecular formula is C20H14N4O6. The molecule has 0 aromatic heterocycles. The van der Waals surface area contributed by atoms with E-state index in [2.05, 4.69) is 10.6 Å². The molecule has 0 saturated heterocycles. The van der Waals surface area contributed by atoms with Crippen molar-refractivity contribution in [1.82, 2.24) is 0 Å². The maximum atomic E-state index is 12.6. The van der Waals surface area contributed by atoms with Crippen LogP contribution in [0.15, 0.2) is 72.8 Å². The lowest BCUT2D eigenvalue weighted by atomic mass is 10.1. The monoisotopic (exact) mass is 406 g/mol. The number of amides is 2. The highest BCUT2D eigenvalue weighted by Crippen LogP contribution is 2.26. The topological polar surface area (TPSA) is 144 Å². The van der Waals surface area contributed by atoms with Gasteiger partial charge in [-0.3, -0.25) is 29.8 Å². The molecule has 0 bridgehead atoms. The Kier molecular flexibility index (Phi) is 5.78. The van der Waals surface area contributed by atoms with Crippen molar-refractivity contribution in [2.75, 3.05) is 10.6 Å². The van der Waals surface area contributed by atoms with Crippen LogP contribution >= 0.6 is 0 Å². The number of carbonyl (C=O) groups is 2. The predicted molar refractivity (Wildman–Crippen MR) is 109 cm³/mol. The number of carbonyl (C=O) groups excluding carboxylic acids is 2. The molecule has 3 aromatic carbocycles. The first-order chi connectivity index (χ1) is 14.4. The van der Waals surface area contributed by atoms with Gasteiger partial charge in [-0.05, 0) is 24.3 Å². The largest absolute Gasteiger partial charge is 0.320 e. The van der Waals surface area contributed by atoms with Crippen molar-refractivity contribution in [3.05, 3.63) is 104 Å². The standard InChI is InChI=1S/C20H14N4O6/c25-19(13-7-1-5-11-17(13)23(27)28)21-15-9-3-4-10-16(15)22-20(26)14-8-2-6-12-18(14)24(29)30/h1-12H,(H,21,25)(H,22,26). The van der Waals surface area contributed by atoms with Crippen LogP contribution in [0.5, 0.6) is 0 Å². The summed E-state index contributed by atoms with van der Waals surface area (Å²) in [5, 5.41) is 27.3. The molecule has 3 rings (SSSR count). The number of nitrogens with zero attached hydrogens (tertiary/aromatic N) is 2. The Bertz CT molecular complexity index is 1070. The predicted octanol–water partition coefficient (Wildman–Crippen LogP) is 4.01. The Morgan fingerprint density at radius 2 is 0.933 bits per heavy atom. The highest BCUT2D eigenvalue weighted by Gasteiger charge is 2.22. The number of benzene rings is 3. The minimum atomic E-state index is -0.741. The van der Waals surface area contributed by atoms with E-state index in [1.807, 2.05) is 0 Å². The van der Waals surface area contributed by atoms with Crippen molar-refractivity contribution in [3.63, 3.8) is 0 Å². The van der Waals surface area contributed by atoms with E-state index in [9.17, 15) is 29.8 Å². The first kappa shape index (κ1) is 20.1. The van der Waals surface area contributed by atoms with Gasteiger partial charge < -0.3 is 10.6 Å². The molecule has 10 nitrogen and oxygen atoms in total. The molecule has 0 aliphatic heterocycles. The summed E-state index contributed by atoms with van der Waals surface area (Å²) in [5.41, 5.74) is -0.683. The molecule has 2 N–H and O–H groups in total. The molecule has 30 heavy (non-hydrogen) atoms. The van der Waals surface area contributed by atoms with Crippen LogP contribution < -0.4 is 10.6 Å². The van der Waals surface area contributed by atoms with Gasteiger partial charge in [-0.25, -0.2) is 0 Å². The summed E-state index contributed by atoms with van der Waals surface area (Å²) in [4.78, 5) is 46.1. The highest BCUT2D eigenvalue weighted by molar-refractivity contribution is 6.12. The Morgan fingerprint density at radius 1 is 0.600 bits per heavy atom. The van der Waals surface area contributed by atoms with Crippen molar-refractivity contribution in [3.8, 4) is 0 Å². The molecule has 0 unspecified atom stereocenters. The van der Waals surface area contributed by atoms with E-state index >= 15 is 0 Å². The number of nitro groups is 2. The Balaban J connectivity index is 1.87. The van der Waals surface area contributed by atoms with Gasteiger partial charge in [0.2, 0.25) is 0 Å². The zero-order valence-corrected chi connectivity index (χ0v) is 15.3. The molecular weight excluding hydrogens is 392 g/mol. The van der Waals surface area contributed by atoms with Gasteiger partial charge in [0, 0.05) is 12.1 Å². The van der Waals surface area contributed by atoms with Crippen LogP contribution in [0.3, 0.4) is 0 Å². The minimum Gasteiger partial charge on any atom is -0.320 e. The average Bonchev–Trinajstić information content (AvgIpc) is 2.75. The summed E-state index contributed by atoms with van der Waals surface area (Å²) in [6.45, 7) is 0. The lowest BCUT2D eigenvalue weighted by Crippen LogP contribution is -2.18. The number of nitro benzene ring substituents is 2. The number of hydrogen-bond donors (Lipinski definition) is 2. The Hall–Kier alpha value is -4.60. The third-order valence-corrected chi connectivity index (χ3v) is 4.11. The van der Waals surface area contributed by atoms with E-state index in [1.54, 1.807) is 12.1 Å². The molecule has 0 spiro atoms. The van der Waals surface area contributed by atoms with Gasteiger partial charge in [0.05, 0.1) is 21.2 Å². The highest BCUT2D eigenvalue weighted by atomic mass is 16.6. The number of anilines is 2. The molecule has 0 fully saturated rings. The second kappa shape index (κ2) is 8.61. The van der Waals surface area contributed by atoms with Gasteiger partial charge in [0.1, 0.15) is 11.1 Å². The quantitative estimate of drug-likeness (QED) is 0.467. The minimum absolute atomic E-state index is 0.151. The lowest BCUT2D eigenvalue weighted by Gasteiger charge is -2.12. The second-order valence-electron chi connectivity index (χ2n) is 6.00. The second-order valence-corrected chi connectivity index (χ2v) is 6.00. The van der Waals surface area contributed by atoms with E-state index in [0.29, 0.717) is 0 Å². The van der Waals surface area contributed by atoms with Crippen LogP contribution in [0.25, 0.3) is 0 Å². The molecule has 2 amide bonds. The maximum absolute atomic E-state index is 12.6. The molecule has 150 valence electrons. The molecule has 0 aliphatic carbocycles. The van der Waals surface area contributed by atoms with Crippen LogP contribution in [0, 0.1) is 20.2 Å². The summed E-state index contributed by atoms with van der Waals surface area (Å²) in [5.74, 6) is -1.48. The van der Waals surface area contributed by atoms with Crippen molar-refractivity contribution in [2.45, 2.75) is 0 Å². The van der Waals surface area contributed by atoms with E-state index in [1.165, 1.54) is 60.7 Å². The Labute approximate surface area is 169 Å². The average molecular weight is 406 g/mol. The summed E-state index contributed by atoms with van der Waals surface area (Å²) in [6, 6.07) is 17.0. The van der Waals surface area contributed by atoms with Crippen molar-refractivity contribution in [2.24, 2.45) is 0 Å². The van der Waals surface area contributed by atoms with Gasteiger partial charge >= 0.3 is 0 Å². The van der Waals surface area contributed by atoms with E-state index < -0.39 is 21.7 Å². The number of para-hydroxylation sites is 4. The zero-order valence-electron chi connectivity index (χ0n) is 15.3. The summed E-state index contributed by atoms with van der Waals surface area (Å²) >= 11 is 0. The summed E-state index contributed by atoms with van der Waals surface area (Å²) < 4.78 is 0. The third-order valence-electron chi connectivity index (χ3n) is 4.11. The summed E-state index contributed by atoms with van der Waals surface area (Å²) in [7, 11) is 0. The van der Waals surface area contributed by atoms with Crippen molar-refractivity contribution >= 4 is 34.6 Å². The van der Waals surface area contributed by atoms with E-state index in [-0.39, 0.29) is 33.9 Å². The van der Waals surface area contributed by atoms with Gasteiger partial charge in [-0.1, -0.05) is 36.4 Å². The fourth-order valence-corrected chi connectivity index (χ4v) is 2.73. The molecule has 3 aromatic rings. The van der Waals surface area contributed by atoms with Gasteiger partial charge in [0.25, 0.3) is 23.2 Å². The zero-order chi connectivity index (χ0) is 21.7. The first-order valence-corrected chi connectivity index (χ1v) is 8.57. The summed E-state index contributed by atoms with van der Waals surface area (Å²) in [6.07, 6.45) is 0. The normalized spacial score (nSPS) is 10.1. The first-order valence-electron chi connectivity index (χ1n) is 8.57. The lowest BCUT2D eigenvalue weighted by molar-refractivity contribution is -0.385. The number of rotatable bonds is 6. The number of nitrogens with one attached hydrogen (secondary N) is 2. The van der Waals surface area contributed by atoms with Crippen LogP contribution in [0.4, 0.5) is 22.7 Å². The van der Waals surface area contributed by atoms with Crippen LogP contribution in [0.1, 0.15) is 20.7 Å².